The zero-order valence-corrected chi connectivity index (χ0v) is 11.5. The highest BCUT2D eigenvalue weighted by Crippen LogP contribution is 2.36. The highest BCUT2D eigenvalue weighted by molar-refractivity contribution is 7.89. The third-order valence-electron chi connectivity index (χ3n) is 3.33. The van der Waals surface area contributed by atoms with E-state index in [0.29, 0.717) is 19.1 Å². The van der Waals surface area contributed by atoms with Crippen molar-refractivity contribution in [2.75, 3.05) is 20.3 Å². The van der Waals surface area contributed by atoms with Crippen molar-refractivity contribution in [3.63, 3.8) is 0 Å². The third-order valence-corrected chi connectivity index (χ3v) is 5.25. The summed E-state index contributed by atoms with van der Waals surface area (Å²) < 4.78 is 31.5. The van der Waals surface area contributed by atoms with E-state index < -0.39 is 10.0 Å². The summed E-state index contributed by atoms with van der Waals surface area (Å²) in [6, 6.07) is 0.00782. The summed E-state index contributed by atoms with van der Waals surface area (Å²) in [7, 11) is -1.93. The summed E-state index contributed by atoms with van der Waals surface area (Å²) in [4.78, 5) is 6.45. The maximum absolute atomic E-state index is 12.5. The Balaban J connectivity index is 2.21. The average Bonchev–Trinajstić information content (AvgIpc) is 3.03. The quantitative estimate of drug-likeness (QED) is 0.799. The molecule has 18 heavy (non-hydrogen) atoms. The zero-order valence-electron chi connectivity index (χ0n) is 10.7. The third kappa shape index (κ3) is 2.73. The summed E-state index contributed by atoms with van der Waals surface area (Å²) in [6.45, 7) is 2.72. The van der Waals surface area contributed by atoms with Crippen molar-refractivity contribution in [3.8, 4) is 0 Å². The SMILES string of the molecule is COCCN(C(C)C1CC1)S(=O)(=O)c1cnc[nH]1. The fourth-order valence-corrected chi connectivity index (χ4v) is 3.62. The van der Waals surface area contributed by atoms with E-state index in [0.717, 1.165) is 12.8 Å². The maximum atomic E-state index is 12.5. The minimum atomic E-state index is -3.50. The second-order valence-electron chi connectivity index (χ2n) is 4.60. The molecule has 0 amide bonds. The number of rotatable bonds is 7. The van der Waals surface area contributed by atoms with Crippen LogP contribution in [-0.2, 0) is 14.8 Å². The van der Waals surface area contributed by atoms with E-state index in [4.69, 9.17) is 4.74 Å². The summed E-state index contributed by atoms with van der Waals surface area (Å²) in [6.07, 6.45) is 4.92. The molecule has 0 spiro atoms. The lowest BCUT2D eigenvalue weighted by molar-refractivity contribution is 0.164. The van der Waals surface area contributed by atoms with Crippen LogP contribution >= 0.6 is 0 Å². The Labute approximate surface area is 107 Å². The summed E-state index contributed by atoms with van der Waals surface area (Å²) >= 11 is 0. The van der Waals surface area contributed by atoms with Crippen LogP contribution < -0.4 is 0 Å². The molecular formula is C11H19N3O3S. The van der Waals surface area contributed by atoms with Crippen molar-refractivity contribution in [3.05, 3.63) is 12.5 Å². The molecule has 1 saturated carbocycles. The van der Waals surface area contributed by atoms with Crippen LogP contribution in [0.3, 0.4) is 0 Å². The van der Waals surface area contributed by atoms with Gasteiger partial charge in [-0.25, -0.2) is 13.4 Å². The van der Waals surface area contributed by atoms with Crippen LogP contribution in [0.5, 0.6) is 0 Å². The van der Waals surface area contributed by atoms with Crippen molar-refractivity contribution in [1.29, 1.82) is 0 Å². The van der Waals surface area contributed by atoms with Gasteiger partial charge in [0.25, 0.3) is 10.0 Å². The monoisotopic (exact) mass is 273 g/mol. The molecule has 0 aromatic carbocycles. The molecule has 2 rings (SSSR count). The van der Waals surface area contributed by atoms with Crippen LogP contribution in [0.4, 0.5) is 0 Å². The van der Waals surface area contributed by atoms with Crippen LogP contribution in [0.2, 0.25) is 0 Å². The number of imidazole rings is 1. The number of hydrogen-bond donors (Lipinski definition) is 1. The predicted octanol–water partition coefficient (Wildman–Crippen LogP) is 0.845. The number of H-pyrrole nitrogens is 1. The number of nitrogens with zero attached hydrogens (tertiary/aromatic N) is 2. The molecule has 7 heteroatoms. The first kappa shape index (κ1) is 13.5. The van der Waals surface area contributed by atoms with Gasteiger partial charge < -0.3 is 9.72 Å². The van der Waals surface area contributed by atoms with Gasteiger partial charge in [0, 0.05) is 19.7 Å². The second-order valence-corrected chi connectivity index (χ2v) is 6.46. The second kappa shape index (κ2) is 5.38. The molecule has 1 N–H and O–H groups in total. The first-order chi connectivity index (χ1) is 8.57. The molecule has 1 aliphatic carbocycles. The number of aromatic amines is 1. The predicted molar refractivity (Wildman–Crippen MR) is 66.5 cm³/mol. The molecule has 1 aliphatic rings. The Bertz CT molecular complexity index is 468. The van der Waals surface area contributed by atoms with Gasteiger partial charge in [0.05, 0.1) is 19.1 Å². The average molecular weight is 273 g/mol. The van der Waals surface area contributed by atoms with Gasteiger partial charge in [-0.05, 0) is 25.7 Å². The van der Waals surface area contributed by atoms with E-state index in [9.17, 15) is 8.42 Å². The van der Waals surface area contributed by atoms with Crippen molar-refractivity contribution in [2.24, 2.45) is 5.92 Å². The first-order valence-corrected chi connectivity index (χ1v) is 7.50. The number of methoxy groups -OCH3 is 1. The summed E-state index contributed by atoms with van der Waals surface area (Å²) in [5.41, 5.74) is 0. The molecule has 1 unspecified atom stereocenters. The molecule has 102 valence electrons. The fourth-order valence-electron chi connectivity index (χ4n) is 2.05. The maximum Gasteiger partial charge on any atom is 0.260 e. The standard InChI is InChI=1S/C11H19N3O3S/c1-9(10-3-4-10)14(5-6-17-2)18(15,16)11-7-12-8-13-11/h7-10H,3-6H2,1-2H3,(H,12,13). The lowest BCUT2D eigenvalue weighted by Gasteiger charge is -2.27. The number of ether oxygens (including phenoxy) is 1. The van der Waals surface area contributed by atoms with Crippen molar-refractivity contribution >= 4 is 10.0 Å². The Morgan fingerprint density at radius 3 is 2.83 bits per heavy atom. The molecule has 1 fully saturated rings. The molecule has 6 nitrogen and oxygen atoms in total. The van der Waals surface area contributed by atoms with E-state index in [1.54, 1.807) is 7.11 Å². The van der Waals surface area contributed by atoms with Gasteiger partial charge in [0.15, 0.2) is 5.03 Å². The molecular weight excluding hydrogens is 254 g/mol. The van der Waals surface area contributed by atoms with Crippen LogP contribution in [0.15, 0.2) is 17.6 Å². The van der Waals surface area contributed by atoms with Gasteiger partial charge in [0.1, 0.15) is 0 Å². The topological polar surface area (TPSA) is 75.3 Å². The minimum absolute atomic E-state index is 0.00782. The number of aromatic nitrogens is 2. The largest absolute Gasteiger partial charge is 0.383 e. The molecule has 1 aromatic rings. The normalized spacial score (nSPS) is 18.2. The molecule has 0 saturated heterocycles. The lowest BCUT2D eigenvalue weighted by atomic mass is 10.2. The van der Waals surface area contributed by atoms with E-state index in [-0.39, 0.29) is 11.1 Å². The molecule has 0 bridgehead atoms. The molecule has 1 heterocycles. The van der Waals surface area contributed by atoms with Crippen LogP contribution in [0, 0.1) is 5.92 Å². The van der Waals surface area contributed by atoms with Crippen molar-refractivity contribution in [2.45, 2.75) is 30.8 Å². The van der Waals surface area contributed by atoms with Crippen LogP contribution in [0.1, 0.15) is 19.8 Å². The van der Waals surface area contributed by atoms with Gasteiger partial charge in [-0.2, -0.15) is 4.31 Å². The zero-order chi connectivity index (χ0) is 13.2. The van der Waals surface area contributed by atoms with E-state index in [1.807, 2.05) is 6.92 Å². The van der Waals surface area contributed by atoms with Gasteiger partial charge in [-0.1, -0.05) is 0 Å². The Morgan fingerprint density at radius 2 is 2.33 bits per heavy atom. The van der Waals surface area contributed by atoms with Crippen LogP contribution in [-0.4, -0.2) is 49.0 Å². The number of nitrogens with one attached hydrogen (secondary N) is 1. The van der Waals surface area contributed by atoms with Gasteiger partial charge in [0.2, 0.25) is 0 Å². The molecule has 1 aromatic heterocycles. The van der Waals surface area contributed by atoms with Crippen LogP contribution in [0.25, 0.3) is 0 Å². The number of hydrogen-bond acceptors (Lipinski definition) is 4. The number of sulfonamides is 1. The Morgan fingerprint density at radius 1 is 1.61 bits per heavy atom. The van der Waals surface area contributed by atoms with Gasteiger partial charge >= 0.3 is 0 Å². The van der Waals surface area contributed by atoms with Crippen molar-refractivity contribution < 1.29 is 13.2 Å². The van der Waals surface area contributed by atoms with Gasteiger partial charge in [-0.3, -0.25) is 0 Å². The van der Waals surface area contributed by atoms with Crippen molar-refractivity contribution in [1.82, 2.24) is 14.3 Å². The molecule has 0 radical (unpaired) electrons. The summed E-state index contributed by atoms with van der Waals surface area (Å²) in [5, 5.41) is 0.145. The van der Waals surface area contributed by atoms with E-state index in [2.05, 4.69) is 9.97 Å². The Hall–Kier alpha value is -0.920. The van der Waals surface area contributed by atoms with E-state index in [1.165, 1.54) is 16.8 Å². The highest BCUT2D eigenvalue weighted by atomic mass is 32.2. The minimum Gasteiger partial charge on any atom is -0.383 e. The fraction of sp³-hybridized carbons (Fsp3) is 0.727. The Kier molecular flexibility index (Phi) is 4.04. The van der Waals surface area contributed by atoms with Gasteiger partial charge in [-0.15, -0.1) is 0 Å². The molecule has 1 atom stereocenters. The smallest absolute Gasteiger partial charge is 0.260 e. The van der Waals surface area contributed by atoms with E-state index >= 15 is 0 Å². The lowest BCUT2D eigenvalue weighted by Crippen LogP contribution is -2.42. The summed E-state index contributed by atoms with van der Waals surface area (Å²) in [5.74, 6) is 0.472. The first-order valence-electron chi connectivity index (χ1n) is 6.06. The molecule has 0 aliphatic heterocycles. The highest BCUT2D eigenvalue weighted by Gasteiger charge is 2.38.